The second kappa shape index (κ2) is 6.41. The van der Waals surface area contributed by atoms with Crippen molar-refractivity contribution in [3.8, 4) is 5.75 Å². The molecule has 0 unspecified atom stereocenters. The fourth-order valence-electron chi connectivity index (χ4n) is 2.51. The molecule has 2 aromatic carbocycles. The zero-order valence-corrected chi connectivity index (χ0v) is 13.7. The number of rotatable bonds is 4. The van der Waals surface area contributed by atoms with E-state index in [-0.39, 0.29) is 5.91 Å². The monoisotopic (exact) mass is 345 g/mol. The van der Waals surface area contributed by atoms with Gasteiger partial charge < -0.3 is 10.5 Å². The summed E-state index contributed by atoms with van der Waals surface area (Å²) >= 11 is 6.13. The maximum atomic E-state index is 12.3. The summed E-state index contributed by atoms with van der Waals surface area (Å²) < 4.78 is 5.11. The second-order valence-corrected chi connectivity index (χ2v) is 5.86. The molecule has 24 heavy (non-hydrogen) atoms. The number of hydrazine groups is 1. The van der Waals surface area contributed by atoms with E-state index < -0.39 is 17.3 Å². The second-order valence-electron chi connectivity index (χ2n) is 5.39. The van der Waals surface area contributed by atoms with E-state index in [0.717, 1.165) is 5.56 Å². The summed E-state index contributed by atoms with van der Waals surface area (Å²) in [4.78, 5) is 24.3. The van der Waals surface area contributed by atoms with Crippen molar-refractivity contribution in [2.45, 2.75) is 11.4 Å². The third-order valence-electron chi connectivity index (χ3n) is 3.88. The molecule has 3 N–H and O–H groups in total. The Hall–Kier alpha value is -2.73. The van der Waals surface area contributed by atoms with Crippen LogP contribution in [0.25, 0.3) is 0 Å². The first-order valence-corrected chi connectivity index (χ1v) is 7.72. The summed E-state index contributed by atoms with van der Waals surface area (Å²) in [7, 11) is 1.57. The fraction of sp³-hybridized carbons (Fsp3) is 0.176. The Bertz CT molecular complexity index is 762. The minimum absolute atomic E-state index is 0.346. The lowest BCUT2D eigenvalue weighted by atomic mass is 9.95. The number of methoxy groups -OCH3 is 1. The fourth-order valence-corrected chi connectivity index (χ4v) is 2.87. The van der Waals surface area contributed by atoms with Crippen LogP contribution < -0.4 is 15.9 Å². The minimum Gasteiger partial charge on any atom is -0.497 e. The number of benzene rings is 2. The lowest BCUT2D eigenvalue weighted by Crippen LogP contribution is -2.63. The van der Waals surface area contributed by atoms with Crippen LogP contribution in [0.1, 0.15) is 22.0 Å². The molecule has 7 heteroatoms. The molecule has 6 nitrogen and oxygen atoms in total. The standard InChI is InChI=1S/C17H16ClN3O3/c1-24-13-8-4-10(5-9-13)15-14(18)17(23)21(15)20-16(22)11-2-6-12(19)7-3-11/h2-9,14-15H,19H2,1H3,(H,20,22)/t14-,15+/m1/s1. The molecule has 3 rings (SSSR count). The molecule has 2 aromatic rings. The van der Waals surface area contributed by atoms with Crippen molar-refractivity contribution in [1.82, 2.24) is 10.4 Å². The van der Waals surface area contributed by atoms with Crippen LogP contribution >= 0.6 is 11.6 Å². The molecule has 2 amide bonds. The van der Waals surface area contributed by atoms with Crippen molar-refractivity contribution >= 4 is 29.1 Å². The number of hydrogen-bond acceptors (Lipinski definition) is 4. The number of carbonyl (C=O) groups is 2. The molecule has 1 aliphatic heterocycles. The Morgan fingerprint density at radius 3 is 2.38 bits per heavy atom. The van der Waals surface area contributed by atoms with E-state index in [0.29, 0.717) is 17.0 Å². The number of anilines is 1. The Balaban J connectivity index is 1.76. The summed E-state index contributed by atoms with van der Waals surface area (Å²) in [5.41, 5.74) is 9.98. The first kappa shape index (κ1) is 16.1. The maximum Gasteiger partial charge on any atom is 0.269 e. The molecule has 0 aliphatic carbocycles. The lowest BCUT2D eigenvalue weighted by Gasteiger charge is -2.43. The first-order valence-electron chi connectivity index (χ1n) is 7.29. The van der Waals surface area contributed by atoms with E-state index in [4.69, 9.17) is 22.1 Å². The number of nitrogens with zero attached hydrogens (tertiary/aromatic N) is 1. The zero-order valence-electron chi connectivity index (χ0n) is 12.9. The largest absolute Gasteiger partial charge is 0.497 e. The zero-order chi connectivity index (χ0) is 17.3. The highest BCUT2D eigenvalue weighted by atomic mass is 35.5. The van der Waals surface area contributed by atoms with Crippen molar-refractivity contribution in [2.24, 2.45) is 0 Å². The molecule has 2 atom stereocenters. The van der Waals surface area contributed by atoms with Gasteiger partial charge in [-0.3, -0.25) is 15.0 Å². The van der Waals surface area contributed by atoms with Gasteiger partial charge in [-0.05, 0) is 42.0 Å². The molecule has 0 radical (unpaired) electrons. The summed E-state index contributed by atoms with van der Waals surface area (Å²) in [5, 5.41) is 0.531. The van der Waals surface area contributed by atoms with Crippen molar-refractivity contribution in [3.63, 3.8) is 0 Å². The van der Waals surface area contributed by atoms with Crippen molar-refractivity contribution in [1.29, 1.82) is 0 Å². The smallest absolute Gasteiger partial charge is 0.269 e. The van der Waals surface area contributed by atoms with E-state index >= 15 is 0 Å². The molecule has 0 bridgehead atoms. The molecule has 124 valence electrons. The van der Waals surface area contributed by atoms with E-state index in [1.807, 2.05) is 12.1 Å². The number of carbonyl (C=O) groups excluding carboxylic acids is 2. The Kier molecular flexibility index (Phi) is 4.31. The average molecular weight is 346 g/mol. The van der Waals surface area contributed by atoms with Gasteiger partial charge >= 0.3 is 0 Å². The van der Waals surface area contributed by atoms with Gasteiger partial charge in [0.15, 0.2) is 0 Å². The normalized spacial score (nSPS) is 19.6. The number of nitrogens with one attached hydrogen (secondary N) is 1. The molecule has 0 spiro atoms. The summed E-state index contributed by atoms with van der Waals surface area (Å²) in [5.74, 6) is -0.0420. The summed E-state index contributed by atoms with van der Waals surface area (Å²) in [6.07, 6.45) is 0. The molecule has 0 aromatic heterocycles. The summed E-state index contributed by atoms with van der Waals surface area (Å²) in [6, 6.07) is 13.2. The van der Waals surface area contributed by atoms with Gasteiger partial charge in [-0.15, -0.1) is 11.6 Å². The van der Waals surface area contributed by atoms with E-state index in [2.05, 4.69) is 5.43 Å². The number of amides is 2. The van der Waals surface area contributed by atoms with Crippen LogP contribution in [0.2, 0.25) is 0 Å². The highest BCUT2D eigenvalue weighted by Crippen LogP contribution is 2.37. The van der Waals surface area contributed by atoms with E-state index in [1.54, 1.807) is 43.5 Å². The van der Waals surface area contributed by atoms with Gasteiger partial charge in [-0.25, -0.2) is 5.01 Å². The number of alkyl halides is 1. The van der Waals surface area contributed by atoms with Crippen LogP contribution in [0.15, 0.2) is 48.5 Å². The predicted molar refractivity (Wildman–Crippen MR) is 90.5 cm³/mol. The highest BCUT2D eigenvalue weighted by molar-refractivity contribution is 6.33. The van der Waals surface area contributed by atoms with Crippen LogP contribution in [0.3, 0.4) is 0 Å². The Morgan fingerprint density at radius 2 is 1.79 bits per heavy atom. The third kappa shape index (κ3) is 2.88. The SMILES string of the molecule is COc1ccc([C@H]2[C@@H](Cl)C(=O)N2NC(=O)c2ccc(N)cc2)cc1. The number of halogens is 1. The van der Waals surface area contributed by atoms with Gasteiger partial charge in [0.1, 0.15) is 17.2 Å². The minimum atomic E-state index is -0.717. The number of nitrogen functional groups attached to an aromatic ring is 1. The molecule has 1 heterocycles. The van der Waals surface area contributed by atoms with Crippen LogP contribution in [-0.4, -0.2) is 29.3 Å². The van der Waals surface area contributed by atoms with Gasteiger partial charge in [0.25, 0.3) is 11.8 Å². The average Bonchev–Trinajstić information content (AvgIpc) is 2.61. The number of β-lactam (4-membered cyclic amide) rings is 1. The Morgan fingerprint density at radius 1 is 1.17 bits per heavy atom. The highest BCUT2D eigenvalue weighted by Gasteiger charge is 2.48. The number of hydrogen-bond donors (Lipinski definition) is 2. The van der Waals surface area contributed by atoms with Crippen LogP contribution in [0.5, 0.6) is 5.75 Å². The maximum absolute atomic E-state index is 12.3. The molecule has 0 saturated carbocycles. The van der Waals surface area contributed by atoms with Crippen molar-refractivity contribution in [2.75, 3.05) is 12.8 Å². The molecule has 1 fully saturated rings. The topological polar surface area (TPSA) is 84.7 Å². The molecule has 1 saturated heterocycles. The molecule has 1 aliphatic rings. The van der Waals surface area contributed by atoms with E-state index in [1.165, 1.54) is 5.01 Å². The first-order chi connectivity index (χ1) is 11.5. The lowest BCUT2D eigenvalue weighted by molar-refractivity contribution is -0.149. The van der Waals surface area contributed by atoms with E-state index in [9.17, 15) is 9.59 Å². The quantitative estimate of drug-likeness (QED) is 0.505. The Labute approximate surface area is 144 Å². The summed E-state index contributed by atoms with van der Waals surface area (Å²) in [6.45, 7) is 0. The van der Waals surface area contributed by atoms with Gasteiger partial charge in [-0.2, -0.15) is 0 Å². The predicted octanol–water partition coefficient (Wildman–Crippen LogP) is 2.11. The third-order valence-corrected chi connectivity index (χ3v) is 4.31. The van der Waals surface area contributed by atoms with Crippen LogP contribution in [0.4, 0.5) is 5.69 Å². The van der Waals surface area contributed by atoms with Gasteiger partial charge in [0, 0.05) is 11.3 Å². The number of nitrogens with two attached hydrogens (primary N) is 1. The molecular formula is C17H16ClN3O3. The van der Waals surface area contributed by atoms with Crippen LogP contribution in [-0.2, 0) is 4.79 Å². The van der Waals surface area contributed by atoms with Gasteiger partial charge in [0.2, 0.25) is 0 Å². The van der Waals surface area contributed by atoms with Crippen molar-refractivity contribution in [3.05, 3.63) is 59.7 Å². The number of ether oxygens (including phenoxy) is 1. The van der Waals surface area contributed by atoms with Crippen molar-refractivity contribution < 1.29 is 14.3 Å². The molecular weight excluding hydrogens is 330 g/mol. The van der Waals surface area contributed by atoms with Gasteiger partial charge in [0.05, 0.1) is 7.11 Å². The van der Waals surface area contributed by atoms with Gasteiger partial charge in [-0.1, -0.05) is 12.1 Å². The van der Waals surface area contributed by atoms with Crippen LogP contribution in [0, 0.1) is 0 Å².